The lowest BCUT2D eigenvalue weighted by Gasteiger charge is -2.18. The van der Waals surface area contributed by atoms with Gasteiger partial charge in [0, 0.05) is 18.5 Å². The van der Waals surface area contributed by atoms with Crippen LogP contribution < -0.4 is 5.32 Å². The lowest BCUT2D eigenvalue weighted by atomic mass is 10.1. The van der Waals surface area contributed by atoms with Gasteiger partial charge in [-0.3, -0.25) is 9.59 Å². The first kappa shape index (κ1) is 15.4. The molecule has 1 aliphatic heterocycles. The molecule has 0 saturated carbocycles. The first-order valence-electron chi connectivity index (χ1n) is 5.67. The molecule has 0 spiro atoms. The van der Waals surface area contributed by atoms with Crippen molar-refractivity contribution in [2.45, 2.75) is 39.2 Å². The van der Waals surface area contributed by atoms with Crippen molar-refractivity contribution in [2.75, 3.05) is 6.54 Å². The monoisotopic (exact) mass is 238 g/mol. The molecule has 0 unspecified atom stereocenters. The summed E-state index contributed by atoms with van der Waals surface area (Å²) in [7, 11) is 0. The summed E-state index contributed by atoms with van der Waals surface area (Å²) in [6.45, 7) is 13.5. The summed E-state index contributed by atoms with van der Waals surface area (Å²) < 4.78 is 0. The van der Waals surface area contributed by atoms with E-state index < -0.39 is 0 Å². The maximum Gasteiger partial charge on any atom is 0.243 e. The Morgan fingerprint density at radius 1 is 1.41 bits per heavy atom. The summed E-state index contributed by atoms with van der Waals surface area (Å²) in [4.78, 5) is 22.9. The SMILES string of the molecule is C=CC(=O)NC(C)(C)C.C=CN1CCCC1=O. The van der Waals surface area contributed by atoms with E-state index >= 15 is 0 Å². The number of likely N-dealkylation sites (tertiary alicyclic amines) is 1. The standard InChI is InChI=1S/C7H13NO.C6H9NO/c1-5-6(9)8-7(2,3)4;1-2-7-5-3-4-6(7)8/h5H,1H2,2-4H3,(H,8,9);2H,1,3-5H2. The predicted molar refractivity (Wildman–Crippen MR) is 69.2 cm³/mol. The van der Waals surface area contributed by atoms with Crippen LogP contribution in [-0.2, 0) is 9.59 Å². The van der Waals surface area contributed by atoms with Gasteiger partial charge in [-0.25, -0.2) is 0 Å². The van der Waals surface area contributed by atoms with Gasteiger partial charge in [-0.2, -0.15) is 0 Å². The largest absolute Gasteiger partial charge is 0.348 e. The quantitative estimate of drug-likeness (QED) is 0.746. The maximum atomic E-state index is 10.7. The fourth-order valence-corrected chi connectivity index (χ4v) is 1.28. The highest BCUT2D eigenvalue weighted by Crippen LogP contribution is 2.08. The molecule has 0 aromatic rings. The van der Waals surface area contributed by atoms with Crippen LogP contribution in [0.1, 0.15) is 33.6 Å². The molecule has 2 amide bonds. The van der Waals surface area contributed by atoms with Crippen molar-refractivity contribution < 1.29 is 9.59 Å². The number of nitrogens with zero attached hydrogens (tertiary/aromatic N) is 1. The third-order valence-electron chi connectivity index (χ3n) is 2.01. The first-order valence-corrected chi connectivity index (χ1v) is 5.67. The lowest BCUT2D eigenvalue weighted by molar-refractivity contribution is -0.125. The Balaban J connectivity index is 0.000000302. The van der Waals surface area contributed by atoms with Crippen LogP contribution >= 0.6 is 0 Å². The van der Waals surface area contributed by atoms with Crippen molar-refractivity contribution in [3.8, 4) is 0 Å². The molecule has 1 fully saturated rings. The number of rotatable bonds is 2. The van der Waals surface area contributed by atoms with E-state index in [9.17, 15) is 9.59 Å². The van der Waals surface area contributed by atoms with Crippen LogP contribution in [0.15, 0.2) is 25.4 Å². The zero-order chi connectivity index (χ0) is 13.5. The van der Waals surface area contributed by atoms with Crippen LogP contribution in [-0.4, -0.2) is 28.8 Å². The Hall–Kier alpha value is -1.58. The average molecular weight is 238 g/mol. The van der Waals surface area contributed by atoms with E-state index in [-0.39, 0.29) is 17.4 Å². The number of carbonyl (C=O) groups is 2. The van der Waals surface area contributed by atoms with Crippen molar-refractivity contribution in [3.05, 3.63) is 25.4 Å². The highest BCUT2D eigenvalue weighted by molar-refractivity contribution is 5.87. The minimum atomic E-state index is -0.148. The van der Waals surface area contributed by atoms with E-state index in [0.29, 0.717) is 6.42 Å². The first-order chi connectivity index (χ1) is 7.80. The molecule has 96 valence electrons. The number of hydrogen-bond donors (Lipinski definition) is 1. The molecule has 4 heteroatoms. The number of nitrogens with one attached hydrogen (secondary N) is 1. The fourth-order valence-electron chi connectivity index (χ4n) is 1.28. The fraction of sp³-hybridized carbons (Fsp3) is 0.538. The Morgan fingerprint density at radius 3 is 2.18 bits per heavy atom. The van der Waals surface area contributed by atoms with Gasteiger partial charge in [0.1, 0.15) is 0 Å². The average Bonchev–Trinajstić information content (AvgIpc) is 2.62. The molecule has 1 N–H and O–H groups in total. The molecule has 0 aliphatic carbocycles. The van der Waals surface area contributed by atoms with Gasteiger partial charge in [0.2, 0.25) is 11.8 Å². The summed E-state index contributed by atoms with van der Waals surface area (Å²) in [6.07, 6.45) is 4.55. The van der Waals surface area contributed by atoms with Gasteiger partial charge < -0.3 is 10.2 Å². The summed E-state index contributed by atoms with van der Waals surface area (Å²) >= 11 is 0. The minimum absolute atomic E-state index is 0.123. The third kappa shape index (κ3) is 7.33. The van der Waals surface area contributed by atoms with Gasteiger partial charge in [0.15, 0.2) is 0 Å². The second kappa shape index (κ2) is 6.89. The van der Waals surface area contributed by atoms with Gasteiger partial charge in [-0.1, -0.05) is 13.2 Å². The van der Waals surface area contributed by atoms with Gasteiger partial charge in [0.25, 0.3) is 0 Å². The summed E-state index contributed by atoms with van der Waals surface area (Å²) in [6, 6.07) is 0. The van der Waals surface area contributed by atoms with Crippen LogP contribution in [0.25, 0.3) is 0 Å². The van der Waals surface area contributed by atoms with Crippen molar-refractivity contribution in [2.24, 2.45) is 0 Å². The molecule has 0 aromatic carbocycles. The molecular weight excluding hydrogens is 216 g/mol. The van der Waals surface area contributed by atoms with Crippen LogP contribution in [0.4, 0.5) is 0 Å². The topological polar surface area (TPSA) is 49.4 Å². The molecule has 0 aromatic heterocycles. The van der Waals surface area contributed by atoms with E-state index in [1.54, 1.807) is 11.1 Å². The minimum Gasteiger partial charge on any atom is -0.348 e. The third-order valence-corrected chi connectivity index (χ3v) is 2.01. The highest BCUT2D eigenvalue weighted by Gasteiger charge is 2.16. The van der Waals surface area contributed by atoms with Crippen LogP contribution in [0, 0.1) is 0 Å². The molecule has 0 bridgehead atoms. The van der Waals surface area contributed by atoms with Gasteiger partial charge in [-0.15, -0.1) is 0 Å². The zero-order valence-electron chi connectivity index (χ0n) is 11.0. The Kier molecular flexibility index (Phi) is 6.25. The van der Waals surface area contributed by atoms with E-state index in [4.69, 9.17) is 0 Å². The predicted octanol–water partition coefficient (Wildman–Crippen LogP) is 1.84. The Morgan fingerprint density at radius 2 is 2.00 bits per heavy atom. The summed E-state index contributed by atoms with van der Waals surface area (Å²) in [5, 5.41) is 2.71. The molecule has 1 saturated heterocycles. The molecule has 0 radical (unpaired) electrons. The van der Waals surface area contributed by atoms with E-state index in [1.807, 2.05) is 20.8 Å². The Bertz CT molecular complexity index is 303. The van der Waals surface area contributed by atoms with E-state index in [2.05, 4.69) is 18.5 Å². The number of carbonyl (C=O) groups excluding carboxylic acids is 2. The van der Waals surface area contributed by atoms with E-state index in [0.717, 1.165) is 13.0 Å². The molecular formula is C13H22N2O2. The number of amides is 2. The molecule has 0 atom stereocenters. The molecule has 4 nitrogen and oxygen atoms in total. The second-order valence-electron chi connectivity index (χ2n) is 4.82. The van der Waals surface area contributed by atoms with Crippen LogP contribution in [0.2, 0.25) is 0 Å². The summed E-state index contributed by atoms with van der Waals surface area (Å²) in [5.74, 6) is 0.0856. The molecule has 1 rings (SSSR count). The van der Waals surface area contributed by atoms with E-state index in [1.165, 1.54) is 6.08 Å². The highest BCUT2D eigenvalue weighted by atomic mass is 16.2. The van der Waals surface area contributed by atoms with Crippen molar-refractivity contribution in [1.82, 2.24) is 10.2 Å². The smallest absolute Gasteiger partial charge is 0.243 e. The van der Waals surface area contributed by atoms with Gasteiger partial charge in [-0.05, 0) is 39.5 Å². The second-order valence-corrected chi connectivity index (χ2v) is 4.82. The van der Waals surface area contributed by atoms with Gasteiger partial charge >= 0.3 is 0 Å². The van der Waals surface area contributed by atoms with Crippen LogP contribution in [0.3, 0.4) is 0 Å². The number of hydrogen-bond acceptors (Lipinski definition) is 2. The van der Waals surface area contributed by atoms with Crippen molar-refractivity contribution in [3.63, 3.8) is 0 Å². The Labute approximate surface area is 103 Å². The van der Waals surface area contributed by atoms with Crippen molar-refractivity contribution >= 4 is 11.8 Å². The summed E-state index contributed by atoms with van der Waals surface area (Å²) in [5.41, 5.74) is -0.148. The molecule has 1 aliphatic rings. The van der Waals surface area contributed by atoms with Crippen molar-refractivity contribution in [1.29, 1.82) is 0 Å². The normalized spacial score (nSPS) is 14.8. The van der Waals surface area contributed by atoms with Gasteiger partial charge in [0.05, 0.1) is 0 Å². The maximum absolute atomic E-state index is 10.7. The molecule has 17 heavy (non-hydrogen) atoms. The molecule has 1 heterocycles. The van der Waals surface area contributed by atoms with Crippen LogP contribution in [0.5, 0.6) is 0 Å². The lowest BCUT2D eigenvalue weighted by Crippen LogP contribution is -2.39. The zero-order valence-corrected chi connectivity index (χ0v) is 11.0.